The molecule has 0 spiro atoms. The highest BCUT2D eigenvalue weighted by molar-refractivity contribution is 6.21. The molecule has 0 saturated carbocycles. The van der Waals surface area contributed by atoms with Crippen LogP contribution in [0.2, 0.25) is 0 Å². The molecule has 184 valence electrons. The van der Waals surface area contributed by atoms with Crippen molar-refractivity contribution in [3.05, 3.63) is 89.0 Å². The third-order valence-electron chi connectivity index (χ3n) is 5.49. The fourth-order valence-electron chi connectivity index (χ4n) is 3.76. The molecule has 0 saturated heterocycles. The number of anilines is 1. The lowest BCUT2D eigenvalue weighted by molar-refractivity contribution is -0.119. The topological polar surface area (TPSA) is 111 Å². The predicted octanol–water partition coefficient (Wildman–Crippen LogP) is 3.69. The number of benzene rings is 3. The number of amides is 3. The van der Waals surface area contributed by atoms with Gasteiger partial charge in [-0.1, -0.05) is 18.2 Å². The van der Waals surface area contributed by atoms with Crippen LogP contribution in [0.3, 0.4) is 0 Å². The number of rotatable bonds is 9. The molecule has 36 heavy (non-hydrogen) atoms. The van der Waals surface area contributed by atoms with Crippen molar-refractivity contribution in [1.29, 1.82) is 0 Å². The van der Waals surface area contributed by atoms with Crippen molar-refractivity contribution in [3.8, 4) is 11.5 Å². The van der Waals surface area contributed by atoms with E-state index in [4.69, 9.17) is 14.2 Å². The van der Waals surface area contributed by atoms with Gasteiger partial charge in [-0.3, -0.25) is 19.3 Å². The molecular formula is C27H24N2O7. The highest BCUT2D eigenvalue weighted by atomic mass is 16.5. The maximum absolute atomic E-state index is 12.8. The maximum atomic E-state index is 12.8. The molecule has 3 amide bonds. The zero-order valence-electron chi connectivity index (χ0n) is 19.8. The van der Waals surface area contributed by atoms with Gasteiger partial charge in [-0.15, -0.1) is 0 Å². The van der Waals surface area contributed by atoms with Crippen LogP contribution >= 0.6 is 0 Å². The molecule has 1 aliphatic rings. The van der Waals surface area contributed by atoms with E-state index in [0.29, 0.717) is 34.7 Å². The van der Waals surface area contributed by atoms with Gasteiger partial charge in [0.1, 0.15) is 17.1 Å². The van der Waals surface area contributed by atoms with Crippen molar-refractivity contribution in [1.82, 2.24) is 4.90 Å². The van der Waals surface area contributed by atoms with E-state index < -0.39 is 30.3 Å². The summed E-state index contributed by atoms with van der Waals surface area (Å²) in [7, 11) is 1.54. The van der Waals surface area contributed by atoms with Crippen molar-refractivity contribution in [2.24, 2.45) is 0 Å². The van der Waals surface area contributed by atoms with E-state index in [1.54, 1.807) is 74.7 Å². The molecule has 1 aliphatic heterocycles. The second-order valence-electron chi connectivity index (χ2n) is 7.86. The smallest absolute Gasteiger partial charge is 0.342 e. The van der Waals surface area contributed by atoms with E-state index in [2.05, 4.69) is 5.32 Å². The first kappa shape index (κ1) is 24.5. The molecule has 1 heterocycles. The Hall–Kier alpha value is -4.66. The Balaban J connectivity index is 1.45. The number of hydrogen-bond acceptors (Lipinski definition) is 7. The van der Waals surface area contributed by atoms with Crippen molar-refractivity contribution >= 4 is 29.4 Å². The van der Waals surface area contributed by atoms with Crippen molar-refractivity contribution < 1.29 is 33.4 Å². The summed E-state index contributed by atoms with van der Waals surface area (Å²) >= 11 is 0. The first-order valence-electron chi connectivity index (χ1n) is 11.2. The standard InChI is InChI=1S/C27H24N2O7/c1-3-35-23-13-8-17(15-29-25(31)20-6-4-5-7-21(20)26(29)32)14-22(23)27(33)36-16-24(30)28-18-9-11-19(34-2)12-10-18/h4-14H,3,15-16H2,1-2H3,(H,28,30). The predicted molar refractivity (Wildman–Crippen MR) is 130 cm³/mol. The number of nitrogens with zero attached hydrogens (tertiary/aromatic N) is 1. The Morgan fingerprint density at radius 1 is 0.917 bits per heavy atom. The number of nitrogens with one attached hydrogen (secondary N) is 1. The van der Waals surface area contributed by atoms with Gasteiger partial charge < -0.3 is 19.5 Å². The lowest BCUT2D eigenvalue weighted by atomic mass is 10.1. The number of ether oxygens (including phenoxy) is 3. The van der Waals surface area contributed by atoms with E-state index in [9.17, 15) is 19.2 Å². The average Bonchev–Trinajstić information content (AvgIpc) is 3.13. The SMILES string of the molecule is CCOc1ccc(CN2C(=O)c3ccccc3C2=O)cc1C(=O)OCC(=O)Nc1ccc(OC)cc1. The lowest BCUT2D eigenvalue weighted by Gasteiger charge is -2.16. The Bertz CT molecular complexity index is 1280. The van der Waals surface area contributed by atoms with Crippen molar-refractivity contribution in [2.45, 2.75) is 13.5 Å². The average molecular weight is 488 g/mol. The second kappa shape index (κ2) is 10.7. The zero-order chi connectivity index (χ0) is 25.7. The Labute approximate surface area is 207 Å². The van der Waals surface area contributed by atoms with E-state index in [0.717, 1.165) is 4.90 Å². The highest BCUT2D eigenvalue weighted by Crippen LogP contribution is 2.27. The minimum atomic E-state index is -0.771. The van der Waals surface area contributed by atoms with Crippen LogP contribution in [0.5, 0.6) is 11.5 Å². The van der Waals surface area contributed by atoms with E-state index >= 15 is 0 Å². The molecule has 0 aromatic heterocycles. The molecule has 0 unspecified atom stereocenters. The van der Waals surface area contributed by atoms with Gasteiger partial charge in [0.05, 0.1) is 31.4 Å². The number of carbonyl (C=O) groups is 4. The summed E-state index contributed by atoms with van der Waals surface area (Å²) in [5.41, 5.74) is 1.83. The summed E-state index contributed by atoms with van der Waals surface area (Å²) in [4.78, 5) is 51.6. The van der Waals surface area contributed by atoms with E-state index in [1.165, 1.54) is 6.07 Å². The van der Waals surface area contributed by atoms with Crippen molar-refractivity contribution in [2.75, 3.05) is 25.6 Å². The minimum absolute atomic E-state index is 0.0308. The molecule has 9 heteroatoms. The molecule has 0 bridgehead atoms. The van der Waals surface area contributed by atoms with Gasteiger partial charge in [-0.05, 0) is 61.0 Å². The summed E-state index contributed by atoms with van der Waals surface area (Å²) in [6, 6.07) is 18.0. The molecule has 0 aliphatic carbocycles. The van der Waals surface area contributed by atoms with Crippen LogP contribution in [0.4, 0.5) is 5.69 Å². The van der Waals surface area contributed by atoms with Crippen LogP contribution in [-0.2, 0) is 16.1 Å². The summed E-state index contributed by atoms with van der Waals surface area (Å²) in [5, 5.41) is 2.63. The number of esters is 1. The summed E-state index contributed by atoms with van der Waals surface area (Å²) < 4.78 is 15.8. The van der Waals surface area contributed by atoms with Crippen LogP contribution in [0.1, 0.15) is 43.6 Å². The summed E-state index contributed by atoms with van der Waals surface area (Å²) in [6.07, 6.45) is 0. The lowest BCUT2D eigenvalue weighted by Crippen LogP contribution is -2.29. The van der Waals surface area contributed by atoms with Crippen LogP contribution < -0.4 is 14.8 Å². The molecular weight excluding hydrogens is 464 g/mol. The van der Waals surface area contributed by atoms with E-state index in [1.807, 2.05) is 0 Å². The molecule has 1 N–H and O–H groups in total. The molecule has 0 fully saturated rings. The quantitative estimate of drug-likeness (QED) is 0.361. The largest absolute Gasteiger partial charge is 0.497 e. The third kappa shape index (κ3) is 5.20. The van der Waals surface area contributed by atoms with Crippen LogP contribution in [0.25, 0.3) is 0 Å². The monoisotopic (exact) mass is 488 g/mol. The fraction of sp³-hybridized carbons (Fsp3) is 0.185. The first-order valence-corrected chi connectivity index (χ1v) is 11.2. The first-order chi connectivity index (χ1) is 17.4. The van der Waals surface area contributed by atoms with Gasteiger partial charge in [0.15, 0.2) is 6.61 Å². The summed E-state index contributed by atoms with van der Waals surface area (Å²) in [6.45, 7) is 1.52. The number of carbonyl (C=O) groups excluding carboxylic acids is 4. The second-order valence-corrected chi connectivity index (χ2v) is 7.86. The summed E-state index contributed by atoms with van der Waals surface area (Å²) in [5.74, 6) is -1.18. The van der Waals surface area contributed by atoms with Gasteiger partial charge in [0.2, 0.25) is 0 Å². The van der Waals surface area contributed by atoms with Gasteiger partial charge in [-0.25, -0.2) is 4.79 Å². The molecule has 0 radical (unpaired) electrons. The zero-order valence-corrected chi connectivity index (χ0v) is 19.8. The van der Waals surface area contributed by atoms with E-state index in [-0.39, 0.29) is 17.9 Å². The fourth-order valence-corrected chi connectivity index (χ4v) is 3.76. The molecule has 4 rings (SSSR count). The normalized spacial score (nSPS) is 12.2. The highest BCUT2D eigenvalue weighted by Gasteiger charge is 2.35. The van der Waals surface area contributed by atoms with Crippen LogP contribution in [0.15, 0.2) is 66.7 Å². The minimum Gasteiger partial charge on any atom is -0.497 e. The molecule has 0 atom stereocenters. The Morgan fingerprint density at radius 3 is 2.19 bits per heavy atom. The number of methoxy groups -OCH3 is 1. The Kier molecular flexibility index (Phi) is 7.29. The molecule has 9 nitrogen and oxygen atoms in total. The van der Waals surface area contributed by atoms with Gasteiger partial charge in [-0.2, -0.15) is 0 Å². The van der Waals surface area contributed by atoms with Crippen LogP contribution in [0, 0.1) is 0 Å². The third-order valence-corrected chi connectivity index (χ3v) is 5.49. The number of fused-ring (bicyclic) bond motifs is 1. The molecule has 3 aromatic carbocycles. The maximum Gasteiger partial charge on any atom is 0.342 e. The van der Waals surface area contributed by atoms with Gasteiger partial charge >= 0.3 is 5.97 Å². The number of imide groups is 1. The van der Waals surface area contributed by atoms with Gasteiger partial charge in [0.25, 0.3) is 17.7 Å². The molecule has 3 aromatic rings. The van der Waals surface area contributed by atoms with Gasteiger partial charge in [0, 0.05) is 5.69 Å². The Morgan fingerprint density at radius 2 is 1.58 bits per heavy atom. The van der Waals surface area contributed by atoms with Crippen molar-refractivity contribution in [3.63, 3.8) is 0 Å². The number of hydrogen-bond donors (Lipinski definition) is 1. The van der Waals surface area contributed by atoms with Crippen LogP contribution in [-0.4, -0.2) is 48.9 Å².